The summed E-state index contributed by atoms with van der Waals surface area (Å²) >= 11 is 0. The minimum Gasteiger partial charge on any atom is -0.376 e. The number of nitrogens with zero attached hydrogens (tertiary/aromatic N) is 1. The molecular weight excluding hydrogens is 302 g/mol. The Morgan fingerprint density at radius 3 is 2.38 bits per heavy atom. The van der Waals surface area contributed by atoms with Crippen molar-refractivity contribution in [3.8, 4) is 0 Å². The first-order chi connectivity index (χ1) is 11.6. The second-order valence-corrected chi connectivity index (χ2v) is 6.81. The van der Waals surface area contributed by atoms with E-state index in [0.29, 0.717) is 24.0 Å². The maximum Gasteiger partial charge on any atom is 0.253 e. The Bertz CT molecular complexity index is 748. The largest absolute Gasteiger partial charge is 0.376 e. The molecule has 0 heterocycles. The molecule has 0 spiro atoms. The average Bonchev–Trinajstić information content (AvgIpc) is 2.61. The van der Waals surface area contributed by atoms with Crippen LogP contribution in [0.3, 0.4) is 0 Å². The van der Waals surface area contributed by atoms with Crippen LogP contribution in [0.5, 0.6) is 0 Å². The van der Waals surface area contributed by atoms with E-state index in [-0.39, 0.29) is 6.04 Å². The van der Waals surface area contributed by atoms with Crippen LogP contribution >= 0.6 is 0 Å². The third-order valence-corrected chi connectivity index (χ3v) is 4.94. The highest BCUT2D eigenvalue weighted by Gasteiger charge is 2.30. The number of likely N-dealkylation sites (N-methyl/N-ethyl adjacent to an activating group) is 1. The van der Waals surface area contributed by atoms with Crippen molar-refractivity contribution in [2.45, 2.75) is 44.3 Å². The van der Waals surface area contributed by atoms with Crippen LogP contribution < -0.4 is 21.5 Å². The van der Waals surface area contributed by atoms with E-state index in [1.54, 1.807) is 0 Å². The smallest absolute Gasteiger partial charge is 0.253 e. The van der Waals surface area contributed by atoms with Gasteiger partial charge in [0.2, 0.25) is 0 Å². The highest BCUT2D eigenvalue weighted by molar-refractivity contribution is 5.74. The van der Waals surface area contributed by atoms with E-state index < -0.39 is 10.9 Å². The molecule has 0 amide bonds. The van der Waals surface area contributed by atoms with E-state index in [9.17, 15) is 9.59 Å². The number of nitrogens with one attached hydrogen (secondary N) is 2. The van der Waals surface area contributed by atoms with Crippen molar-refractivity contribution in [2.24, 2.45) is 0 Å². The Labute approximate surface area is 142 Å². The standard InChI is InChI=1S/C19H25N3O2/c1-22(2)15-11-7-6-10-14(15)21-17-16(18(23)19(17)24)20-12-13-8-4-3-5-9-13/h3-5,8-9,14-15,20-21H,6-7,10-12H2,1-2H3/t14-,15-/m1/s1. The van der Waals surface area contributed by atoms with E-state index in [4.69, 9.17) is 0 Å². The zero-order chi connectivity index (χ0) is 17.1. The predicted molar refractivity (Wildman–Crippen MR) is 98.5 cm³/mol. The first kappa shape index (κ1) is 16.7. The van der Waals surface area contributed by atoms with Gasteiger partial charge in [0.25, 0.3) is 10.9 Å². The van der Waals surface area contributed by atoms with E-state index in [1.165, 1.54) is 6.42 Å². The SMILES string of the molecule is CN(C)[C@@H]1CCCC[C@H]1Nc1c(NCc2ccccc2)c(=O)c1=O. The van der Waals surface area contributed by atoms with Gasteiger partial charge in [0.15, 0.2) is 0 Å². The fraction of sp³-hybridized carbons (Fsp3) is 0.474. The molecule has 2 aromatic rings. The second-order valence-electron chi connectivity index (χ2n) is 6.81. The molecule has 2 atom stereocenters. The van der Waals surface area contributed by atoms with E-state index >= 15 is 0 Å². The van der Waals surface area contributed by atoms with Gasteiger partial charge in [-0.05, 0) is 32.5 Å². The van der Waals surface area contributed by atoms with Gasteiger partial charge < -0.3 is 15.5 Å². The molecule has 1 fully saturated rings. The van der Waals surface area contributed by atoms with Crippen molar-refractivity contribution in [3.63, 3.8) is 0 Å². The molecule has 2 N–H and O–H groups in total. The molecule has 1 aliphatic rings. The molecule has 24 heavy (non-hydrogen) atoms. The molecule has 0 bridgehead atoms. The van der Waals surface area contributed by atoms with Crippen LogP contribution in [0, 0.1) is 0 Å². The molecule has 0 aliphatic heterocycles. The normalized spacial score (nSPS) is 21.1. The summed E-state index contributed by atoms with van der Waals surface area (Å²) in [5.41, 5.74) is 1.18. The van der Waals surface area contributed by atoms with Gasteiger partial charge in [-0.2, -0.15) is 0 Å². The molecular formula is C19H25N3O2. The zero-order valence-corrected chi connectivity index (χ0v) is 14.3. The quantitative estimate of drug-likeness (QED) is 0.796. The molecule has 5 heteroatoms. The Balaban J connectivity index is 1.71. The minimum absolute atomic E-state index is 0.217. The topological polar surface area (TPSA) is 61.4 Å². The van der Waals surface area contributed by atoms with Crippen LogP contribution in [0.4, 0.5) is 11.4 Å². The van der Waals surface area contributed by atoms with Gasteiger partial charge >= 0.3 is 0 Å². The van der Waals surface area contributed by atoms with Crippen LogP contribution in [0.25, 0.3) is 0 Å². The summed E-state index contributed by atoms with van der Waals surface area (Å²) in [5.74, 6) is 0. The Morgan fingerprint density at radius 1 is 1.00 bits per heavy atom. The number of hydrogen-bond donors (Lipinski definition) is 2. The fourth-order valence-corrected chi connectivity index (χ4v) is 3.57. The predicted octanol–water partition coefficient (Wildman–Crippen LogP) is 2.18. The molecule has 1 aliphatic carbocycles. The monoisotopic (exact) mass is 327 g/mol. The lowest BCUT2D eigenvalue weighted by atomic mass is 9.89. The summed E-state index contributed by atoms with van der Waals surface area (Å²) in [5, 5.41) is 6.49. The van der Waals surface area contributed by atoms with E-state index in [2.05, 4.69) is 29.6 Å². The molecule has 1 saturated carbocycles. The summed E-state index contributed by atoms with van der Waals surface area (Å²) in [7, 11) is 4.14. The van der Waals surface area contributed by atoms with Crippen molar-refractivity contribution in [2.75, 3.05) is 24.7 Å². The fourth-order valence-electron chi connectivity index (χ4n) is 3.57. The Morgan fingerprint density at radius 2 is 1.67 bits per heavy atom. The molecule has 3 rings (SSSR count). The molecule has 0 aromatic heterocycles. The zero-order valence-electron chi connectivity index (χ0n) is 14.3. The van der Waals surface area contributed by atoms with Gasteiger partial charge in [-0.25, -0.2) is 0 Å². The first-order valence-corrected chi connectivity index (χ1v) is 8.62. The van der Waals surface area contributed by atoms with Gasteiger partial charge in [0.05, 0.1) is 0 Å². The Hall–Kier alpha value is -2.14. The van der Waals surface area contributed by atoms with Crippen molar-refractivity contribution in [3.05, 3.63) is 56.3 Å². The lowest BCUT2D eigenvalue weighted by Gasteiger charge is -2.37. The maximum atomic E-state index is 12.0. The Kier molecular flexibility index (Phi) is 5.00. The lowest BCUT2D eigenvalue weighted by Crippen LogP contribution is -2.48. The van der Waals surface area contributed by atoms with Gasteiger partial charge in [-0.15, -0.1) is 0 Å². The third-order valence-electron chi connectivity index (χ3n) is 4.94. The van der Waals surface area contributed by atoms with Crippen molar-refractivity contribution < 1.29 is 0 Å². The van der Waals surface area contributed by atoms with Gasteiger partial charge in [-0.3, -0.25) is 9.59 Å². The minimum atomic E-state index is -0.411. The van der Waals surface area contributed by atoms with Crippen molar-refractivity contribution in [1.29, 1.82) is 0 Å². The highest BCUT2D eigenvalue weighted by Crippen LogP contribution is 2.26. The summed E-state index contributed by atoms with van der Waals surface area (Å²) in [6.45, 7) is 0.544. The number of anilines is 2. The van der Waals surface area contributed by atoms with E-state index in [0.717, 1.165) is 24.8 Å². The number of hydrogen-bond acceptors (Lipinski definition) is 5. The van der Waals surface area contributed by atoms with E-state index in [1.807, 2.05) is 30.3 Å². The number of benzene rings is 1. The molecule has 2 aromatic carbocycles. The van der Waals surface area contributed by atoms with Crippen LogP contribution in [0.15, 0.2) is 39.9 Å². The summed E-state index contributed by atoms with van der Waals surface area (Å²) < 4.78 is 0. The summed E-state index contributed by atoms with van der Waals surface area (Å²) in [6.07, 6.45) is 4.52. The van der Waals surface area contributed by atoms with Gasteiger partial charge in [-0.1, -0.05) is 43.2 Å². The molecule has 0 unspecified atom stereocenters. The maximum absolute atomic E-state index is 12.0. The third kappa shape index (κ3) is 3.36. The van der Waals surface area contributed by atoms with Crippen LogP contribution in [0.2, 0.25) is 0 Å². The summed E-state index contributed by atoms with van der Waals surface area (Å²) in [6, 6.07) is 10.5. The van der Waals surface area contributed by atoms with Crippen LogP contribution in [0.1, 0.15) is 31.2 Å². The average molecular weight is 327 g/mol. The van der Waals surface area contributed by atoms with Crippen molar-refractivity contribution >= 4 is 11.4 Å². The summed E-state index contributed by atoms with van der Waals surface area (Å²) in [4.78, 5) is 26.1. The lowest BCUT2D eigenvalue weighted by molar-refractivity contribution is 0.211. The van der Waals surface area contributed by atoms with Crippen LogP contribution in [-0.2, 0) is 6.54 Å². The van der Waals surface area contributed by atoms with Gasteiger partial charge in [0, 0.05) is 18.6 Å². The van der Waals surface area contributed by atoms with Crippen LogP contribution in [-0.4, -0.2) is 31.1 Å². The first-order valence-electron chi connectivity index (χ1n) is 8.62. The molecule has 128 valence electrons. The second kappa shape index (κ2) is 7.18. The number of rotatable bonds is 6. The molecule has 0 saturated heterocycles. The van der Waals surface area contributed by atoms with Gasteiger partial charge in [0.1, 0.15) is 11.4 Å². The highest BCUT2D eigenvalue weighted by atomic mass is 16.2. The molecule has 0 radical (unpaired) electrons. The van der Waals surface area contributed by atoms with Crippen molar-refractivity contribution in [1.82, 2.24) is 4.90 Å². The molecule has 5 nitrogen and oxygen atoms in total.